The van der Waals surface area contributed by atoms with Gasteiger partial charge in [0.15, 0.2) is 10.8 Å². The van der Waals surface area contributed by atoms with Gasteiger partial charge in [0, 0.05) is 23.5 Å². The number of carbonyl (C=O) groups is 1. The number of rotatable bonds is 3. The zero-order valence-corrected chi connectivity index (χ0v) is 11.8. The highest BCUT2D eigenvalue weighted by atomic mass is 32.1. The second-order valence-electron chi connectivity index (χ2n) is 4.92. The average molecular weight is 269 g/mol. The SMILES string of the molecule is Cc1sc(NC2CCN(C)C(C)C2)nc1C(=O)O. The van der Waals surface area contributed by atoms with Crippen LogP contribution in [0.3, 0.4) is 0 Å². The molecule has 2 heterocycles. The van der Waals surface area contributed by atoms with Crippen molar-refractivity contribution in [1.29, 1.82) is 0 Å². The van der Waals surface area contributed by atoms with E-state index in [4.69, 9.17) is 5.11 Å². The van der Waals surface area contributed by atoms with Gasteiger partial charge in [-0.05, 0) is 33.7 Å². The number of nitrogens with one attached hydrogen (secondary N) is 1. The van der Waals surface area contributed by atoms with Crippen molar-refractivity contribution < 1.29 is 9.90 Å². The molecule has 0 bridgehead atoms. The van der Waals surface area contributed by atoms with Crippen LogP contribution in [0.5, 0.6) is 0 Å². The molecule has 6 heteroatoms. The van der Waals surface area contributed by atoms with E-state index in [-0.39, 0.29) is 5.69 Å². The molecule has 1 aliphatic heterocycles. The van der Waals surface area contributed by atoms with E-state index in [2.05, 4.69) is 29.2 Å². The summed E-state index contributed by atoms with van der Waals surface area (Å²) in [5, 5.41) is 13.1. The number of piperidine rings is 1. The number of aromatic carboxylic acids is 1. The van der Waals surface area contributed by atoms with Gasteiger partial charge in [0.05, 0.1) is 0 Å². The number of aryl methyl sites for hydroxylation is 1. The van der Waals surface area contributed by atoms with Gasteiger partial charge >= 0.3 is 5.97 Å². The van der Waals surface area contributed by atoms with E-state index in [1.807, 2.05) is 0 Å². The molecule has 0 amide bonds. The van der Waals surface area contributed by atoms with E-state index < -0.39 is 5.97 Å². The van der Waals surface area contributed by atoms with Crippen molar-refractivity contribution in [2.75, 3.05) is 18.9 Å². The standard InChI is InChI=1S/C12H19N3O2S/c1-7-6-9(4-5-15(7)3)13-12-14-10(11(16)17)8(2)18-12/h7,9H,4-6H2,1-3H3,(H,13,14)(H,16,17). The Hall–Kier alpha value is -1.14. The zero-order chi connectivity index (χ0) is 13.3. The van der Waals surface area contributed by atoms with E-state index >= 15 is 0 Å². The van der Waals surface area contributed by atoms with Crippen LogP contribution in [0.2, 0.25) is 0 Å². The van der Waals surface area contributed by atoms with Crippen LogP contribution < -0.4 is 5.32 Å². The Kier molecular flexibility index (Phi) is 3.87. The number of carboxylic acids is 1. The maximum atomic E-state index is 10.9. The number of hydrogen-bond donors (Lipinski definition) is 2. The van der Waals surface area contributed by atoms with Gasteiger partial charge in [-0.25, -0.2) is 9.78 Å². The Bertz CT molecular complexity index is 447. The second kappa shape index (κ2) is 5.24. The summed E-state index contributed by atoms with van der Waals surface area (Å²) >= 11 is 1.42. The lowest BCUT2D eigenvalue weighted by Gasteiger charge is -2.35. The molecular weight excluding hydrogens is 250 g/mol. The molecule has 1 aliphatic rings. The second-order valence-corrected chi connectivity index (χ2v) is 6.13. The van der Waals surface area contributed by atoms with Crippen molar-refractivity contribution in [3.05, 3.63) is 10.6 Å². The van der Waals surface area contributed by atoms with Crippen molar-refractivity contribution >= 4 is 22.4 Å². The van der Waals surface area contributed by atoms with Gasteiger partial charge in [-0.15, -0.1) is 11.3 Å². The molecule has 18 heavy (non-hydrogen) atoms. The molecule has 2 unspecified atom stereocenters. The monoisotopic (exact) mass is 269 g/mol. The summed E-state index contributed by atoms with van der Waals surface area (Å²) in [4.78, 5) is 18.2. The largest absolute Gasteiger partial charge is 0.476 e. The Morgan fingerprint density at radius 2 is 2.33 bits per heavy atom. The molecule has 0 spiro atoms. The number of thiazole rings is 1. The fraction of sp³-hybridized carbons (Fsp3) is 0.667. The van der Waals surface area contributed by atoms with Crippen LogP contribution in [-0.2, 0) is 0 Å². The molecule has 2 rings (SSSR count). The fourth-order valence-electron chi connectivity index (χ4n) is 2.25. The van der Waals surface area contributed by atoms with Crippen molar-refractivity contribution in [3.8, 4) is 0 Å². The molecule has 0 radical (unpaired) electrons. The van der Waals surface area contributed by atoms with Crippen LogP contribution in [0.1, 0.15) is 35.1 Å². The summed E-state index contributed by atoms with van der Waals surface area (Å²) in [5.74, 6) is -0.950. The molecule has 2 N–H and O–H groups in total. The molecular formula is C12H19N3O2S. The molecule has 0 aliphatic carbocycles. The smallest absolute Gasteiger partial charge is 0.355 e. The molecule has 1 fully saturated rings. The predicted molar refractivity (Wildman–Crippen MR) is 72.5 cm³/mol. The van der Waals surface area contributed by atoms with Crippen molar-refractivity contribution in [2.24, 2.45) is 0 Å². The van der Waals surface area contributed by atoms with E-state index in [1.165, 1.54) is 11.3 Å². The van der Waals surface area contributed by atoms with E-state index in [1.54, 1.807) is 6.92 Å². The highest BCUT2D eigenvalue weighted by Crippen LogP contribution is 2.25. The van der Waals surface area contributed by atoms with Gasteiger partial charge in [-0.3, -0.25) is 0 Å². The number of nitrogens with zero attached hydrogens (tertiary/aromatic N) is 2. The lowest BCUT2D eigenvalue weighted by atomic mass is 9.99. The summed E-state index contributed by atoms with van der Waals surface area (Å²) in [6, 6.07) is 0.944. The molecule has 1 aromatic rings. The van der Waals surface area contributed by atoms with E-state index in [0.29, 0.717) is 12.1 Å². The number of anilines is 1. The Labute approximate surface area is 111 Å². The van der Waals surface area contributed by atoms with Crippen LogP contribution in [0.4, 0.5) is 5.13 Å². The van der Waals surface area contributed by atoms with Gasteiger partial charge in [0.2, 0.25) is 0 Å². The zero-order valence-electron chi connectivity index (χ0n) is 10.9. The number of hydrogen-bond acceptors (Lipinski definition) is 5. The topological polar surface area (TPSA) is 65.5 Å². The molecule has 0 saturated carbocycles. The highest BCUT2D eigenvalue weighted by molar-refractivity contribution is 7.15. The lowest BCUT2D eigenvalue weighted by molar-refractivity contribution is 0.0690. The third-order valence-electron chi connectivity index (χ3n) is 3.54. The first-order valence-electron chi connectivity index (χ1n) is 6.15. The summed E-state index contributed by atoms with van der Waals surface area (Å²) in [7, 11) is 2.14. The van der Waals surface area contributed by atoms with Gasteiger partial charge in [-0.1, -0.05) is 0 Å². The Morgan fingerprint density at radius 1 is 1.61 bits per heavy atom. The average Bonchev–Trinajstić information content (AvgIpc) is 2.65. The van der Waals surface area contributed by atoms with E-state index in [0.717, 1.165) is 29.4 Å². The van der Waals surface area contributed by atoms with Gasteiger partial charge in [-0.2, -0.15) is 0 Å². The first-order chi connectivity index (χ1) is 8.47. The predicted octanol–water partition coefficient (Wildman–Crippen LogP) is 2.04. The molecule has 5 nitrogen and oxygen atoms in total. The van der Waals surface area contributed by atoms with Crippen LogP contribution in [-0.4, -0.2) is 46.6 Å². The summed E-state index contributed by atoms with van der Waals surface area (Å²) in [6.07, 6.45) is 2.14. The van der Waals surface area contributed by atoms with E-state index in [9.17, 15) is 4.79 Å². The first-order valence-corrected chi connectivity index (χ1v) is 6.96. The highest BCUT2D eigenvalue weighted by Gasteiger charge is 2.24. The minimum atomic E-state index is -0.950. The van der Waals surface area contributed by atoms with Gasteiger partial charge in [0.25, 0.3) is 0 Å². The molecule has 0 aromatic carbocycles. The third kappa shape index (κ3) is 2.81. The van der Waals surface area contributed by atoms with Crippen LogP contribution >= 0.6 is 11.3 Å². The molecule has 1 aromatic heterocycles. The van der Waals surface area contributed by atoms with Gasteiger partial charge < -0.3 is 15.3 Å². The normalized spacial score (nSPS) is 25.1. The first kappa shape index (κ1) is 13.3. The molecule has 100 valence electrons. The maximum absolute atomic E-state index is 10.9. The van der Waals surface area contributed by atoms with Gasteiger partial charge in [0.1, 0.15) is 0 Å². The molecule has 1 saturated heterocycles. The van der Waals surface area contributed by atoms with Crippen LogP contribution in [0, 0.1) is 6.92 Å². The van der Waals surface area contributed by atoms with Crippen molar-refractivity contribution in [1.82, 2.24) is 9.88 Å². The third-order valence-corrected chi connectivity index (χ3v) is 4.44. The fourth-order valence-corrected chi connectivity index (χ4v) is 3.13. The number of likely N-dealkylation sites (tertiary alicyclic amines) is 1. The summed E-state index contributed by atoms with van der Waals surface area (Å²) < 4.78 is 0. The quantitative estimate of drug-likeness (QED) is 0.879. The minimum Gasteiger partial charge on any atom is -0.476 e. The van der Waals surface area contributed by atoms with Crippen LogP contribution in [0.15, 0.2) is 0 Å². The van der Waals surface area contributed by atoms with Crippen molar-refractivity contribution in [3.63, 3.8) is 0 Å². The van der Waals surface area contributed by atoms with Crippen LogP contribution in [0.25, 0.3) is 0 Å². The maximum Gasteiger partial charge on any atom is 0.355 e. The lowest BCUT2D eigenvalue weighted by Crippen LogP contribution is -2.42. The summed E-state index contributed by atoms with van der Waals surface area (Å²) in [6.45, 7) is 5.07. The number of carboxylic acid groups (broad SMARTS) is 1. The number of aromatic nitrogens is 1. The minimum absolute atomic E-state index is 0.170. The summed E-state index contributed by atoms with van der Waals surface area (Å²) in [5.41, 5.74) is 0.170. The Balaban J connectivity index is 2.02. The molecule has 2 atom stereocenters. The van der Waals surface area contributed by atoms with Crippen molar-refractivity contribution in [2.45, 2.75) is 38.8 Å². The Morgan fingerprint density at radius 3 is 2.89 bits per heavy atom.